The maximum Gasteiger partial charge on any atom is 0.0587 e. The third-order valence-corrected chi connectivity index (χ3v) is 4.22. The van der Waals surface area contributed by atoms with Crippen LogP contribution in [-0.2, 0) is 0 Å². The summed E-state index contributed by atoms with van der Waals surface area (Å²) in [5.74, 6) is 0. The van der Waals surface area contributed by atoms with E-state index in [-0.39, 0.29) is 0 Å². The second kappa shape index (κ2) is 3.02. The van der Waals surface area contributed by atoms with E-state index in [2.05, 4.69) is 27.4 Å². The normalized spacial score (nSPS) is 10.9. The Bertz CT molecular complexity index is 433. The lowest BCUT2D eigenvalue weighted by molar-refractivity contribution is 1.48. The van der Waals surface area contributed by atoms with E-state index in [1.54, 1.807) is 11.3 Å². The quantitative estimate of drug-likeness (QED) is 0.649. The first-order valence-corrected chi connectivity index (χ1v) is 5.57. The summed E-state index contributed by atoms with van der Waals surface area (Å²) in [7, 11) is 0. The minimum atomic E-state index is 0.848. The Morgan fingerprint density at radius 3 is 3.00 bits per heavy atom. The summed E-state index contributed by atoms with van der Waals surface area (Å²) in [6, 6.07) is 4.08. The molecule has 62 valence electrons. The Kier molecular flexibility index (Phi) is 2.15. The summed E-state index contributed by atoms with van der Waals surface area (Å²) in [6.07, 6.45) is 0. The number of hydrogen-bond acceptors (Lipinski definition) is 1. The summed E-state index contributed by atoms with van der Waals surface area (Å²) >= 11 is 11.3. The zero-order valence-electron chi connectivity index (χ0n) is 6.40. The molecule has 1 aromatic carbocycles. The highest BCUT2D eigenvalue weighted by Crippen LogP contribution is 2.36. The monoisotopic (exact) mass is 260 g/mol. The van der Waals surface area contributed by atoms with Crippen molar-refractivity contribution in [3.63, 3.8) is 0 Å². The van der Waals surface area contributed by atoms with Crippen molar-refractivity contribution in [1.82, 2.24) is 0 Å². The molecule has 0 atom stereocenters. The zero-order valence-corrected chi connectivity index (χ0v) is 9.55. The third-order valence-electron chi connectivity index (χ3n) is 1.81. The third kappa shape index (κ3) is 1.18. The first-order chi connectivity index (χ1) is 5.70. The molecule has 12 heavy (non-hydrogen) atoms. The van der Waals surface area contributed by atoms with E-state index < -0.39 is 0 Å². The van der Waals surface area contributed by atoms with Gasteiger partial charge in [-0.15, -0.1) is 11.3 Å². The van der Waals surface area contributed by atoms with E-state index in [0.29, 0.717) is 0 Å². The molecule has 2 rings (SSSR count). The zero-order chi connectivity index (χ0) is 8.72. The van der Waals surface area contributed by atoms with Gasteiger partial charge in [0.1, 0.15) is 0 Å². The molecule has 0 N–H and O–H groups in total. The predicted molar refractivity (Wildman–Crippen MR) is 59.3 cm³/mol. The van der Waals surface area contributed by atoms with Crippen LogP contribution >= 0.6 is 38.9 Å². The van der Waals surface area contributed by atoms with E-state index in [0.717, 1.165) is 14.2 Å². The fraction of sp³-hybridized carbons (Fsp3) is 0.111. The first kappa shape index (κ1) is 8.54. The number of halogens is 2. The van der Waals surface area contributed by atoms with Crippen LogP contribution in [0.25, 0.3) is 10.1 Å². The van der Waals surface area contributed by atoms with E-state index in [1.165, 1.54) is 10.9 Å². The van der Waals surface area contributed by atoms with Crippen molar-refractivity contribution in [2.45, 2.75) is 6.92 Å². The molecule has 0 saturated carbocycles. The molecule has 0 aliphatic heterocycles. The van der Waals surface area contributed by atoms with Crippen molar-refractivity contribution in [2.75, 3.05) is 0 Å². The van der Waals surface area contributed by atoms with Crippen LogP contribution in [0.15, 0.2) is 22.0 Å². The molecule has 0 saturated heterocycles. The van der Waals surface area contributed by atoms with Crippen LogP contribution in [0.3, 0.4) is 0 Å². The van der Waals surface area contributed by atoms with Gasteiger partial charge in [-0.2, -0.15) is 0 Å². The molecule has 0 unspecified atom stereocenters. The molecule has 0 amide bonds. The maximum absolute atomic E-state index is 6.07. The standard InChI is InChI=1S/C9H6BrClS/c1-5-4-7(11)9-6(8(5)10)2-3-12-9/h2-4H,1H3. The molecule has 0 spiro atoms. The van der Waals surface area contributed by atoms with Crippen molar-refractivity contribution < 1.29 is 0 Å². The van der Waals surface area contributed by atoms with Crippen LogP contribution < -0.4 is 0 Å². The van der Waals surface area contributed by atoms with Gasteiger partial charge in [-0.3, -0.25) is 0 Å². The summed E-state index contributed by atoms with van der Waals surface area (Å²) in [5, 5.41) is 4.12. The number of benzene rings is 1. The number of thiophene rings is 1. The van der Waals surface area contributed by atoms with Crippen LogP contribution in [0.4, 0.5) is 0 Å². The van der Waals surface area contributed by atoms with E-state index in [9.17, 15) is 0 Å². The van der Waals surface area contributed by atoms with Gasteiger partial charge in [0, 0.05) is 9.86 Å². The Morgan fingerprint density at radius 2 is 2.25 bits per heavy atom. The van der Waals surface area contributed by atoms with Crippen LogP contribution in [0.5, 0.6) is 0 Å². The summed E-state index contributed by atoms with van der Waals surface area (Å²) in [6.45, 7) is 2.05. The molecular formula is C9H6BrClS. The number of hydrogen-bond donors (Lipinski definition) is 0. The second-order valence-corrected chi connectivity index (χ2v) is 4.77. The van der Waals surface area contributed by atoms with Gasteiger partial charge in [-0.1, -0.05) is 11.6 Å². The van der Waals surface area contributed by atoms with Gasteiger partial charge in [0.2, 0.25) is 0 Å². The molecular weight excluding hydrogens is 256 g/mol. The second-order valence-electron chi connectivity index (χ2n) is 2.65. The lowest BCUT2D eigenvalue weighted by Gasteiger charge is -2.01. The molecule has 0 nitrogen and oxygen atoms in total. The highest BCUT2D eigenvalue weighted by molar-refractivity contribution is 9.10. The lowest BCUT2D eigenvalue weighted by atomic mass is 10.2. The highest BCUT2D eigenvalue weighted by Gasteiger charge is 2.06. The van der Waals surface area contributed by atoms with Crippen molar-refractivity contribution in [3.8, 4) is 0 Å². The van der Waals surface area contributed by atoms with Gasteiger partial charge in [-0.05, 0) is 45.9 Å². The Hall–Kier alpha value is -0.0500. The minimum absolute atomic E-state index is 0.848. The fourth-order valence-corrected chi connectivity index (χ4v) is 2.98. The van der Waals surface area contributed by atoms with E-state index >= 15 is 0 Å². The summed E-state index contributed by atoms with van der Waals surface area (Å²) < 4.78 is 2.32. The molecule has 2 aromatic rings. The van der Waals surface area contributed by atoms with Gasteiger partial charge < -0.3 is 0 Å². The fourth-order valence-electron chi connectivity index (χ4n) is 1.20. The molecule has 0 radical (unpaired) electrons. The van der Waals surface area contributed by atoms with Gasteiger partial charge in [0.05, 0.1) is 9.72 Å². The summed E-state index contributed by atoms with van der Waals surface area (Å²) in [5.41, 5.74) is 1.19. The molecule has 1 aromatic heterocycles. The minimum Gasteiger partial charge on any atom is -0.142 e. The lowest BCUT2D eigenvalue weighted by Crippen LogP contribution is -1.76. The van der Waals surface area contributed by atoms with Crippen molar-refractivity contribution in [1.29, 1.82) is 0 Å². The van der Waals surface area contributed by atoms with Crippen molar-refractivity contribution in [3.05, 3.63) is 32.6 Å². The first-order valence-electron chi connectivity index (χ1n) is 3.52. The smallest absolute Gasteiger partial charge is 0.0587 e. The van der Waals surface area contributed by atoms with Gasteiger partial charge in [0.25, 0.3) is 0 Å². The molecule has 3 heteroatoms. The highest BCUT2D eigenvalue weighted by atomic mass is 79.9. The summed E-state index contributed by atoms with van der Waals surface area (Å²) in [4.78, 5) is 0. The Labute approximate surface area is 88.3 Å². The number of rotatable bonds is 0. The Morgan fingerprint density at radius 1 is 1.50 bits per heavy atom. The van der Waals surface area contributed by atoms with Crippen LogP contribution in [-0.4, -0.2) is 0 Å². The average Bonchev–Trinajstić information content (AvgIpc) is 2.48. The molecule has 0 bridgehead atoms. The molecule has 0 aliphatic carbocycles. The molecule has 0 aliphatic rings. The van der Waals surface area contributed by atoms with E-state index in [4.69, 9.17) is 11.6 Å². The van der Waals surface area contributed by atoms with Crippen LogP contribution in [0, 0.1) is 6.92 Å². The SMILES string of the molecule is Cc1cc(Cl)c2sccc2c1Br. The number of aryl methyl sites for hydroxylation is 1. The molecule has 1 heterocycles. The predicted octanol–water partition coefficient (Wildman–Crippen LogP) is 4.63. The van der Waals surface area contributed by atoms with Crippen LogP contribution in [0.2, 0.25) is 5.02 Å². The van der Waals surface area contributed by atoms with Gasteiger partial charge >= 0.3 is 0 Å². The Balaban J connectivity index is 2.97. The van der Waals surface area contributed by atoms with Crippen molar-refractivity contribution >= 4 is 49.0 Å². The van der Waals surface area contributed by atoms with E-state index in [1.807, 2.05) is 13.0 Å². The van der Waals surface area contributed by atoms with Gasteiger partial charge in [0.15, 0.2) is 0 Å². The van der Waals surface area contributed by atoms with Crippen LogP contribution in [0.1, 0.15) is 5.56 Å². The van der Waals surface area contributed by atoms with Crippen molar-refractivity contribution in [2.24, 2.45) is 0 Å². The topological polar surface area (TPSA) is 0 Å². The number of fused-ring (bicyclic) bond motifs is 1. The van der Waals surface area contributed by atoms with Gasteiger partial charge in [-0.25, -0.2) is 0 Å². The molecule has 0 fully saturated rings. The maximum atomic E-state index is 6.07. The largest absolute Gasteiger partial charge is 0.142 e. The average molecular weight is 262 g/mol.